The third kappa shape index (κ3) is 2.87. The normalized spacial score (nSPS) is 11.3. The lowest BCUT2D eigenvalue weighted by molar-refractivity contribution is -0.137. The van der Waals surface area contributed by atoms with Gasteiger partial charge in [-0.25, -0.2) is 9.78 Å². The number of rotatable bonds is 2. The van der Waals surface area contributed by atoms with Gasteiger partial charge < -0.3 is 5.11 Å². The number of hydrogen-bond acceptors (Lipinski definition) is 3. The van der Waals surface area contributed by atoms with Crippen LogP contribution >= 0.6 is 0 Å². The molecule has 1 aromatic heterocycles. The van der Waals surface area contributed by atoms with Gasteiger partial charge >= 0.3 is 12.1 Å². The van der Waals surface area contributed by atoms with E-state index in [1.54, 1.807) is 0 Å². The van der Waals surface area contributed by atoms with Crippen molar-refractivity contribution < 1.29 is 23.1 Å². The van der Waals surface area contributed by atoms with Crippen LogP contribution in [0.1, 0.15) is 16.1 Å². The Morgan fingerprint density at radius 3 is 2.11 bits per heavy atom. The summed E-state index contributed by atoms with van der Waals surface area (Å²) in [7, 11) is 0. The maximum Gasteiger partial charge on any atom is 0.416 e. The minimum absolute atomic E-state index is 0.226. The number of aromatic nitrogens is 2. The number of carboxylic acid groups (broad SMARTS) is 1. The molecule has 0 aliphatic heterocycles. The Labute approximate surface area is 105 Å². The molecule has 0 aliphatic carbocycles. The fourth-order valence-electron chi connectivity index (χ4n) is 1.42. The monoisotopic (exact) mass is 268 g/mol. The van der Waals surface area contributed by atoms with Gasteiger partial charge in [0, 0.05) is 5.56 Å². The van der Waals surface area contributed by atoms with Gasteiger partial charge in [-0.1, -0.05) is 12.1 Å². The van der Waals surface area contributed by atoms with E-state index in [9.17, 15) is 18.0 Å². The standard InChI is InChI=1S/C12H7F3N2O2/c13-12(14,15)8-3-1-7(2-4-8)9-5-17-10(6-16-9)11(18)19/h1-6H,(H,18,19). The number of nitrogens with zero attached hydrogens (tertiary/aromatic N) is 2. The van der Waals surface area contributed by atoms with E-state index in [0.717, 1.165) is 18.3 Å². The number of carboxylic acids is 1. The zero-order valence-corrected chi connectivity index (χ0v) is 9.35. The highest BCUT2D eigenvalue weighted by Gasteiger charge is 2.29. The van der Waals surface area contributed by atoms with E-state index in [0.29, 0.717) is 11.3 Å². The molecule has 0 fully saturated rings. The van der Waals surface area contributed by atoms with Crippen LogP contribution in [0.5, 0.6) is 0 Å². The zero-order chi connectivity index (χ0) is 14.0. The number of benzene rings is 1. The number of aromatic carboxylic acids is 1. The third-order valence-electron chi connectivity index (χ3n) is 2.38. The number of hydrogen-bond donors (Lipinski definition) is 1. The summed E-state index contributed by atoms with van der Waals surface area (Å²) in [5.74, 6) is -1.22. The summed E-state index contributed by atoms with van der Waals surface area (Å²) in [5, 5.41) is 8.64. The fraction of sp³-hybridized carbons (Fsp3) is 0.0833. The molecule has 1 N–H and O–H groups in total. The first-order chi connectivity index (χ1) is 8.88. The van der Waals surface area contributed by atoms with Crippen LogP contribution < -0.4 is 0 Å². The maximum absolute atomic E-state index is 12.4. The lowest BCUT2D eigenvalue weighted by Gasteiger charge is -2.07. The van der Waals surface area contributed by atoms with Crippen LogP contribution in [0.15, 0.2) is 36.7 Å². The molecule has 0 spiro atoms. The van der Waals surface area contributed by atoms with Crippen molar-refractivity contribution in [3.8, 4) is 11.3 Å². The molecule has 0 radical (unpaired) electrons. The van der Waals surface area contributed by atoms with E-state index in [-0.39, 0.29) is 5.69 Å². The Morgan fingerprint density at radius 2 is 1.68 bits per heavy atom. The minimum Gasteiger partial charge on any atom is -0.476 e. The molecule has 2 rings (SSSR count). The molecule has 0 saturated carbocycles. The molecule has 7 heteroatoms. The van der Waals surface area contributed by atoms with Crippen LogP contribution in [0, 0.1) is 0 Å². The van der Waals surface area contributed by atoms with Gasteiger partial charge in [0.25, 0.3) is 0 Å². The number of halogens is 3. The van der Waals surface area contributed by atoms with Gasteiger partial charge in [0.05, 0.1) is 23.7 Å². The van der Waals surface area contributed by atoms with E-state index in [2.05, 4.69) is 9.97 Å². The fourth-order valence-corrected chi connectivity index (χ4v) is 1.42. The molecule has 98 valence electrons. The van der Waals surface area contributed by atoms with E-state index >= 15 is 0 Å². The SMILES string of the molecule is O=C(O)c1cnc(-c2ccc(C(F)(F)F)cc2)cn1. The Kier molecular flexibility index (Phi) is 3.20. The molecule has 19 heavy (non-hydrogen) atoms. The molecule has 0 unspecified atom stereocenters. The van der Waals surface area contributed by atoms with Crippen molar-refractivity contribution in [1.82, 2.24) is 9.97 Å². The van der Waals surface area contributed by atoms with Crippen molar-refractivity contribution in [3.05, 3.63) is 47.9 Å². The van der Waals surface area contributed by atoms with Gasteiger partial charge in [0.1, 0.15) is 0 Å². The molecule has 1 aromatic carbocycles. The van der Waals surface area contributed by atoms with E-state index in [1.165, 1.54) is 18.3 Å². The predicted octanol–water partition coefficient (Wildman–Crippen LogP) is 2.86. The summed E-state index contributed by atoms with van der Waals surface area (Å²) < 4.78 is 37.1. The highest BCUT2D eigenvalue weighted by Crippen LogP contribution is 2.30. The van der Waals surface area contributed by atoms with Crippen LogP contribution in [0.2, 0.25) is 0 Å². The van der Waals surface area contributed by atoms with Crippen LogP contribution in [0.3, 0.4) is 0 Å². The van der Waals surface area contributed by atoms with E-state index in [4.69, 9.17) is 5.11 Å². The molecule has 1 heterocycles. The molecule has 0 saturated heterocycles. The molecule has 0 atom stereocenters. The summed E-state index contributed by atoms with van der Waals surface area (Å²) in [6.45, 7) is 0. The summed E-state index contributed by atoms with van der Waals surface area (Å²) in [4.78, 5) is 18.1. The summed E-state index contributed by atoms with van der Waals surface area (Å²) in [6.07, 6.45) is -2.14. The van der Waals surface area contributed by atoms with Gasteiger partial charge in [-0.05, 0) is 12.1 Å². The molecule has 2 aromatic rings. The largest absolute Gasteiger partial charge is 0.476 e. The first-order valence-corrected chi connectivity index (χ1v) is 5.11. The second kappa shape index (κ2) is 4.68. The zero-order valence-electron chi connectivity index (χ0n) is 9.35. The first kappa shape index (κ1) is 13.0. The lowest BCUT2D eigenvalue weighted by atomic mass is 10.1. The van der Waals surface area contributed by atoms with E-state index < -0.39 is 17.7 Å². The highest BCUT2D eigenvalue weighted by atomic mass is 19.4. The molecule has 0 amide bonds. The van der Waals surface area contributed by atoms with Crippen molar-refractivity contribution in [2.24, 2.45) is 0 Å². The van der Waals surface area contributed by atoms with Crippen LogP contribution in [0.25, 0.3) is 11.3 Å². The Hall–Kier alpha value is -2.44. The number of carbonyl (C=O) groups is 1. The highest BCUT2D eigenvalue weighted by molar-refractivity contribution is 5.85. The molecular weight excluding hydrogens is 261 g/mol. The Balaban J connectivity index is 2.30. The smallest absolute Gasteiger partial charge is 0.416 e. The van der Waals surface area contributed by atoms with Crippen molar-refractivity contribution in [3.63, 3.8) is 0 Å². The van der Waals surface area contributed by atoms with Crippen molar-refractivity contribution in [1.29, 1.82) is 0 Å². The molecule has 0 bridgehead atoms. The van der Waals surface area contributed by atoms with Crippen LogP contribution in [-0.2, 0) is 6.18 Å². The quantitative estimate of drug-likeness (QED) is 0.909. The van der Waals surface area contributed by atoms with Gasteiger partial charge in [-0.15, -0.1) is 0 Å². The van der Waals surface area contributed by atoms with Gasteiger partial charge in [0.2, 0.25) is 0 Å². The third-order valence-corrected chi connectivity index (χ3v) is 2.38. The Morgan fingerprint density at radius 1 is 1.05 bits per heavy atom. The average Bonchev–Trinajstić information content (AvgIpc) is 2.38. The van der Waals surface area contributed by atoms with Gasteiger partial charge in [-0.2, -0.15) is 13.2 Å². The molecule has 0 aliphatic rings. The van der Waals surface area contributed by atoms with E-state index in [1.807, 2.05) is 0 Å². The maximum atomic E-state index is 12.4. The molecule has 4 nitrogen and oxygen atoms in total. The second-order valence-electron chi connectivity index (χ2n) is 3.67. The predicted molar refractivity (Wildman–Crippen MR) is 59.4 cm³/mol. The van der Waals surface area contributed by atoms with Gasteiger partial charge in [0.15, 0.2) is 5.69 Å². The second-order valence-corrected chi connectivity index (χ2v) is 3.67. The summed E-state index contributed by atoms with van der Waals surface area (Å²) in [6, 6.07) is 4.38. The first-order valence-electron chi connectivity index (χ1n) is 5.11. The van der Waals surface area contributed by atoms with Gasteiger partial charge in [-0.3, -0.25) is 4.98 Å². The average molecular weight is 268 g/mol. The topological polar surface area (TPSA) is 63.1 Å². The lowest BCUT2D eigenvalue weighted by Crippen LogP contribution is -2.04. The van der Waals surface area contributed by atoms with Crippen molar-refractivity contribution in [2.45, 2.75) is 6.18 Å². The summed E-state index contributed by atoms with van der Waals surface area (Å²) in [5.41, 5.74) is -0.252. The van der Waals surface area contributed by atoms with Crippen LogP contribution in [0.4, 0.5) is 13.2 Å². The minimum atomic E-state index is -4.39. The van der Waals surface area contributed by atoms with Crippen molar-refractivity contribution in [2.75, 3.05) is 0 Å². The molecular formula is C12H7F3N2O2. The van der Waals surface area contributed by atoms with Crippen molar-refractivity contribution >= 4 is 5.97 Å². The van der Waals surface area contributed by atoms with Crippen LogP contribution in [-0.4, -0.2) is 21.0 Å². The summed E-state index contributed by atoms with van der Waals surface area (Å²) >= 11 is 0. The Bertz CT molecular complexity index is 592. The number of alkyl halides is 3.